The Hall–Kier alpha value is -3.47. The fourth-order valence-electron chi connectivity index (χ4n) is 3.54. The van der Waals surface area contributed by atoms with Crippen molar-refractivity contribution in [2.45, 2.75) is 44.6 Å². The monoisotopic (exact) mass is 466 g/mol. The maximum Gasteiger partial charge on any atom is 0.490 e. The summed E-state index contributed by atoms with van der Waals surface area (Å²) in [6.07, 6.45) is 1.68. The number of halogens is 4. The molecule has 3 aromatic rings. The fraction of sp³-hybridized carbons (Fsp3) is 0.318. The second-order valence-corrected chi connectivity index (χ2v) is 7.52. The van der Waals surface area contributed by atoms with Gasteiger partial charge in [0.25, 0.3) is 0 Å². The molecule has 3 N–H and O–H groups in total. The number of nitrogens with zero attached hydrogens (tertiary/aromatic N) is 2. The number of aryl methyl sites for hydroxylation is 1. The Morgan fingerprint density at radius 2 is 1.97 bits per heavy atom. The number of pyridine rings is 1. The van der Waals surface area contributed by atoms with Gasteiger partial charge in [0.2, 0.25) is 5.56 Å². The smallest absolute Gasteiger partial charge is 0.475 e. The van der Waals surface area contributed by atoms with Crippen LogP contribution < -0.4 is 10.9 Å². The molecule has 1 atom stereocenters. The number of benzene rings is 1. The lowest BCUT2D eigenvalue weighted by atomic mass is 9.91. The van der Waals surface area contributed by atoms with E-state index in [9.17, 15) is 22.4 Å². The van der Waals surface area contributed by atoms with Gasteiger partial charge in [0.15, 0.2) is 0 Å². The average molecular weight is 466 g/mol. The van der Waals surface area contributed by atoms with Gasteiger partial charge in [-0.05, 0) is 30.9 Å². The number of hydrogen-bond acceptors (Lipinski definition) is 4. The van der Waals surface area contributed by atoms with Crippen molar-refractivity contribution >= 4 is 5.97 Å². The van der Waals surface area contributed by atoms with Crippen LogP contribution in [0, 0.1) is 5.82 Å². The van der Waals surface area contributed by atoms with Crippen molar-refractivity contribution in [1.29, 1.82) is 0 Å². The van der Waals surface area contributed by atoms with Crippen LogP contribution in [0.1, 0.15) is 41.3 Å². The SMILES string of the molecule is O=C(O)C(F)(F)F.O=c1ccc2c([nH]1)CCCC2NCc1cnn(Cc2ccccc2F)c1. The molecule has 0 aliphatic heterocycles. The standard InChI is InChI=1S/C20H21FN4O.C2HF3O2/c21-17-5-2-1-4-15(17)13-25-12-14(11-23-25)10-22-18-6-3-7-19-16(18)8-9-20(26)24-19;3-2(4,5)1(6)7/h1-2,4-5,8-9,11-12,18,22H,3,6-7,10,13H2,(H,24,26);(H,6,7). The molecule has 7 nitrogen and oxygen atoms in total. The number of aromatic amines is 1. The molecular formula is C22H22F4N4O3. The van der Waals surface area contributed by atoms with E-state index in [1.807, 2.05) is 24.5 Å². The molecular weight excluding hydrogens is 444 g/mol. The minimum Gasteiger partial charge on any atom is -0.475 e. The largest absolute Gasteiger partial charge is 0.490 e. The van der Waals surface area contributed by atoms with Crippen molar-refractivity contribution < 1.29 is 27.5 Å². The van der Waals surface area contributed by atoms with Gasteiger partial charge in [-0.15, -0.1) is 0 Å². The number of carboxylic acid groups (broad SMARTS) is 1. The first-order valence-corrected chi connectivity index (χ1v) is 10.1. The first-order chi connectivity index (χ1) is 15.6. The van der Waals surface area contributed by atoms with Crippen molar-refractivity contribution in [3.05, 3.63) is 87.3 Å². The molecule has 0 bridgehead atoms. The van der Waals surface area contributed by atoms with Crippen molar-refractivity contribution in [2.75, 3.05) is 0 Å². The summed E-state index contributed by atoms with van der Waals surface area (Å²) in [5.41, 5.74) is 3.85. The molecule has 0 spiro atoms. The van der Waals surface area contributed by atoms with E-state index >= 15 is 0 Å². The lowest BCUT2D eigenvalue weighted by molar-refractivity contribution is -0.192. The van der Waals surface area contributed by atoms with E-state index in [1.54, 1.807) is 22.9 Å². The van der Waals surface area contributed by atoms with Crippen LogP contribution in [0.4, 0.5) is 17.6 Å². The summed E-state index contributed by atoms with van der Waals surface area (Å²) >= 11 is 0. The number of rotatable bonds is 5. The van der Waals surface area contributed by atoms with Gasteiger partial charge in [-0.3, -0.25) is 9.48 Å². The van der Waals surface area contributed by atoms with Crippen LogP contribution in [0.3, 0.4) is 0 Å². The predicted molar refractivity (Wildman–Crippen MR) is 111 cm³/mol. The maximum absolute atomic E-state index is 13.8. The van der Waals surface area contributed by atoms with Gasteiger partial charge in [-0.1, -0.05) is 24.3 Å². The summed E-state index contributed by atoms with van der Waals surface area (Å²) in [5.74, 6) is -2.97. The maximum atomic E-state index is 13.8. The number of nitrogens with one attached hydrogen (secondary N) is 2. The molecule has 1 aromatic carbocycles. The molecule has 1 aliphatic carbocycles. The lowest BCUT2D eigenvalue weighted by Crippen LogP contribution is -2.27. The Labute approximate surface area is 186 Å². The Kier molecular flexibility index (Phi) is 7.64. The van der Waals surface area contributed by atoms with E-state index in [1.165, 1.54) is 11.6 Å². The molecule has 0 saturated carbocycles. The van der Waals surface area contributed by atoms with Gasteiger partial charge >= 0.3 is 12.1 Å². The van der Waals surface area contributed by atoms with Gasteiger partial charge in [-0.25, -0.2) is 9.18 Å². The first kappa shape index (κ1) is 24.2. The van der Waals surface area contributed by atoms with Crippen LogP contribution in [-0.4, -0.2) is 32.0 Å². The van der Waals surface area contributed by atoms with Crippen molar-refractivity contribution in [2.24, 2.45) is 0 Å². The predicted octanol–water partition coefficient (Wildman–Crippen LogP) is 3.56. The van der Waals surface area contributed by atoms with Gasteiger partial charge < -0.3 is 15.4 Å². The summed E-state index contributed by atoms with van der Waals surface area (Å²) < 4.78 is 47.3. The molecule has 2 heterocycles. The summed E-state index contributed by atoms with van der Waals surface area (Å²) in [6, 6.07) is 10.5. The van der Waals surface area contributed by atoms with Crippen molar-refractivity contribution in [1.82, 2.24) is 20.1 Å². The number of fused-ring (bicyclic) bond motifs is 1. The minimum atomic E-state index is -5.08. The molecule has 0 saturated heterocycles. The topological polar surface area (TPSA) is 100 Å². The summed E-state index contributed by atoms with van der Waals surface area (Å²) in [4.78, 5) is 23.3. The second-order valence-electron chi connectivity index (χ2n) is 7.52. The lowest BCUT2D eigenvalue weighted by Gasteiger charge is -2.25. The number of hydrogen-bond donors (Lipinski definition) is 3. The van der Waals surface area contributed by atoms with Gasteiger partial charge in [-0.2, -0.15) is 18.3 Å². The molecule has 2 aromatic heterocycles. The highest BCUT2D eigenvalue weighted by molar-refractivity contribution is 5.73. The normalized spacial score (nSPS) is 15.3. The molecule has 11 heteroatoms. The highest BCUT2D eigenvalue weighted by Gasteiger charge is 2.38. The number of alkyl halides is 3. The zero-order valence-corrected chi connectivity index (χ0v) is 17.4. The van der Waals surface area contributed by atoms with E-state index in [2.05, 4.69) is 15.4 Å². The molecule has 0 radical (unpaired) electrons. The minimum absolute atomic E-state index is 0.0428. The molecule has 176 valence electrons. The molecule has 33 heavy (non-hydrogen) atoms. The van der Waals surface area contributed by atoms with Crippen LogP contribution >= 0.6 is 0 Å². The van der Waals surface area contributed by atoms with E-state index in [4.69, 9.17) is 9.90 Å². The molecule has 1 unspecified atom stereocenters. The highest BCUT2D eigenvalue weighted by Crippen LogP contribution is 2.27. The Balaban J connectivity index is 0.000000383. The third-order valence-corrected chi connectivity index (χ3v) is 5.10. The van der Waals surface area contributed by atoms with Crippen LogP contribution in [0.25, 0.3) is 0 Å². The molecule has 0 fully saturated rings. The third-order valence-electron chi connectivity index (χ3n) is 5.10. The van der Waals surface area contributed by atoms with Crippen LogP contribution in [0.15, 0.2) is 53.6 Å². The number of aliphatic carboxylic acids is 1. The summed E-state index contributed by atoms with van der Waals surface area (Å²) in [7, 11) is 0. The second kappa shape index (κ2) is 10.4. The van der Waals surface area contributed by atoms with Crippen molar-refractivity contribution in [3.8, 4) is 0 Å². The number of aromatic nitrogens is 3. The molecule has 4 rings (SSSR count). The number of carbonyl (C=O) groups is 1. The summed E-state index contributed by atoms with van der Waals surface area (Å²) in [6.45, 7) is 1.10. The van der Waals surface area contributed by atoms with E-state index in [0.29, 0.717) is 18.7 Å². The fourth-order valence-corrected chi connectivity index (χ4v) is 3.54. The van der Waals surface area contributed by atoms with Crippen LogP contribution in [0.2, 0.25) is 0 Å². The van der Waals surface area contributed by atoms with E-state index in [-0.39, 0.29) is 17.4 Å². The first-order valence-electron chi connectivity index (χ1n) is 10.1. The van der Waals surface area contributed by atoms with E-state index in [0.717, 1.165) is 30.5 Å². The van der Waals surface area contributed by atoms with Gasteiger partial charge in [0, 0.05) is 41.7 Å². The number of carboxylic acids is 1. The van der Waals surface area contributed by atoms with Crippen molar-refractivity contribution in [3.63, 3.8) is 0 Å². The third kappa shape index (κ3) is 6.75. The van der Waals surface area contributed by atoms with Crippen LogP contribution in [0.5, 0.6) is 0 Å². The van der Waals surface area contributed by atoms with Crippen LogP contribution in [-0.2, 0) is 24.3 Å². The summed E-state index contributed by atoms with van der Waals surface area (Å²) in [5, 5.41) is 15.0. The quantitative estimate of drug-likeness (QED) is 0.500. The highest BCUT2D eigenvalue weighted by atomic mass is 19.4. The Bertz CT molecular complexity index is 1160. The zero-order chi connectivity index (χ0) is 24.0. The number of H-pyrrole nitrogens is 1. The van der Waals surface area contributed by atoms with E-state index < -0.39 is 12.1 Å². The molecule has 0 amide bonds. The van der Waals surface area contributed by atoms with Gasteiger partial charge in [0.05, 0.1) is 12.7 Å². The average Bonchev–Trinajstić information content (AvgIpc) is 3.20. The Morgan fingerprint density at radius 1 is 1.24 bits per heavy atom. The molecule has 1 aliphatic rings. The van der Waals surface area contributed by atoms with Gasteiger partial charge in [0.1, 0.15) is 5.82 Å². The Morgan fingerprint density at radius 3 is 2.67 bits per heavy atom. The zero-order valence-electron chi connectivity index (χ0n) is 17.4.